The van der Waals surface area contributed by atoms with Crippen molar-refractivity contribution in [3.8, 4) is 0 Å². The minimum Gasteiger partial charge on any atom is -0.480 e. The van der Waals surface area contributed by atoms with Crippen LogP contribution in [0.5, 0.6) is 0 Å². The van der Waals surface area contributed by atoms with Gasteiger partial charge in [-0.05, 0) is 20.3 Å². The third-order valence-electron chi connectivity index (χ3n) is 3.16. The SMILES string of the molecule is CCOCC(C)NC(=O)N(CC(=O)O)C1CCS(=O)(=O)C1. The second kappa shape index (κ2) is 7.60. The summed E-state index contributed by atoms with van der Waals surface area (Å²) in [6.07, 6.45) is 0.267. The van der Waals surface area contributed by atoms with E-state index in [0.29, 0.717) is 13.2 Å². The lowest BCUT2D eigenvalue weighted by Gasteiger charge is -2.28. The fourth-order valence-electron chi connectivity index (χ4n) is 2.16. The van der Waals surface area contributed by atoms with Crippen LogP contribution in [0.15, 0.2) is 0 Å². The lowest BCUT2D eigenvalue weighted by atomic mass is 10.2. The highest BCUT2D eigenvalue weighted by atomic mass is 32.2. The average molecular weight is 322 g/mol. The zero-order chi connectivity index (χ0) is 16.0. The maximum Gasteiger partial charge on any atom is 0.323 e. The normalized spacial score (nSPS) is 21.7. The summed E-state index contributed by atoms with van der Waals surface area (Å²) in [6, 6.07) is -1.45. The van der Waals surface area contributed by atoms with Gasteiger partial charge in [-0.2, -0.15) is 0 Å². The van der Waals surface area contributed by atoms with Crippen LogP contribution in [0.1, 0.15) is 20.3 Å². The number of amides is 2. The van der Waals surface area contributed by atoms with Crippen LogP contribution in [0, 0.1) is 0 Å². The van der Waals surface area contributed by atoms with Crippen molar-refractivity contribution in [1.82, 2.24) is 10.2 Å². The molecule has 0 aromatic rings. The summed E-state index contributed by atoms with van der Waals surface area (Å²) in [6.45, 7) is 3.87. The standard InChI is InChI=1S/C12H22N2O6S/c1-3-20-7-9(2)13-12(17)14(6-11(15)16)10-4-5-21(18,19)8-10/h9-10H,3-8H2,1-2H3,(H,13,17)(H,15,16). The number of hydrogen-bond donors (Lipinski definition) is 2. The summed E-state index contributed by atoms with van der Waals surface area (Å²) < 4.78 is 28.2. The number of sulfone groups is 1. The number of aliphatic carboxylic acids is 1. The number of nitrogens with zero attached hydrogens (tertiary/aromatic N) is 1. The molecule has 122 valence electrons. The fourth-order valence-corrected chi connectivity index (χ4v) is 3.89. The number of ether oxygens (including phenoxy) is 1. The molecule has 21 heavy (non-hydrogen) atoms. The van der Waals surface area contributed by atoms with Gasteiger partial charge in [0.25, 0.3) is 0 Å². The van der Waals surface area contributed by atoms with Crippen molar-refractivity contribution in [3.63, 3.8) is 0 Å². The molecule has 2 amide bonds. The van der Waals surface area contributed by atoms with Crippen LogP contribution in [0.4, 0.5) is 4.79 Å². The Bertz CT molecular complexity index is 478. The zero-order valence-corrected chi connectivity index (χ0v) is 13.1. The van der Waals surface area contributed by atoms with Gasteiger partial charge in [-0.3, -0.25) is 4.79 Å². The van der Waals surface area contributed by atoms with Crippen molar-refractivity contribution >= 4 is 21.8 Å². The summed E-state index contributed by atoms with van der Waals surface area (Å²) >= 11 is 0. The molecule has 1 aliphatic heterocycles. The van der Waals surface area contributed by atoms with E-state index < -0.39 is 34.4 Å². The van der Waals surface area contributed by atoms with E-state index >= 15 is 0 Å². The second-order valence-corrected chi connectivity index (χ2v) is 7.32. The number of rotatable bonds is 7. The molecule has 0 aromatic carbocycles. The number of hydrogen-bond acceptors (Lipinski definition) is 5. The summed E-state index contributed by atoms with van der Waals surface area (Å²) in [4.78, 5) is 24.1. The maximum atomic E-state index is 12.2. The molecular weight excluding hydrogens is 300 g/mol. The van der Waals surface area contributed by atoms with E-state index in [1.54, 1.807) is 6.92 Å². The first kappa shape index (κ1) is 17.7. The highest BCUT2D eigenvalue weighted by Gasteiger charge is 2.35. The van der Waals surface area contributed by atoms with Crippen molar-refractivity contribution in [1.29, 1.82) is 0 Å². The van der Waals surface area contributed by atoms with Gasteiger partial charge in [0.2, 0.25) is 0 Å². The third-order valence-corrected chi connectivity index (χ3v) is 4.91. The van der Waals surface area contributed by atoms with Gasteiger partial charge in [-0.15, -0.1) is 0 Å². The molecule has 0 spiro atoms. The number of carbonyl (C=O) groups excluding carboxylic acids is 1. The maximum absolute atomic E-state index is 12.2. The van der Waals surface area contributed by atoms with E-state index in [9.17, 15) is 18.0 Å². The number of carboxylic acid groups (broad SMARTS) is 1. The molecule has 2 unspecified atom stereocenters. The van der Waals surface area contributed by atoms with Crippen molar-refractivity contribution in [3.05, 3.63) is 0 Å². The molecule has 1 saturated heterocycles. The van der Waals surface area contributed by atoms with Crippen LogP contribution >= 0.6 is 0 Å². The van der Waals surface area contributed by atoms with E-state index in [1.807, 2.05) is 6.92 Å². The molecule has 9 heteroatoms. The van der Waals surface area contributed by atoms with Crippen LogP contribution in [0.3, 0.4) is 0 Å². The van der Waals surface area contributed by atoms with E-state index in [2.05, 4.69) is 5.32 Å². The number of carboxylic acids is 1. The molecule has 0 aromatic heterocycles. The largest absolute Gasteiger partial charge is 0.480 e. The molecule has 2 atom stereocenters. The quantitative estimate of drug-likeness (QED) is 0.665. The van der Waals surface area contributed by atoms with Crippen LogP contribution in [0.2, 0.25) is 0 Å². The van der Waals surface area contributed by atoms with Crippen molar-refractivity contribution in [2.75, 3.05) is 31.3 Å². The molecule has 8 nitrogen and oxygen atoms in total. The highest BCUT2D eigenvalue weighted by Crippen LogP contribution is 2.17. The Balaban J connectivity index is 2.69. The first-order valence-corrected chi connectivity index (χ1v) is 8.64. The minimum atomic E-state index is -3.19. The monoisotopic (exact) mass is 322 g/mol. The number of carbonyl (C=O) groups is 2. The van der Waals surface area contributed by atoms with Crippen LogP contribution < -0.4 is 5.32 Å². The van der Waals surface area contributed by atoms with Crippen molar-refractivity contribution in [2.24, 2.45) is 0 Å². The number of nitrogens with one attached hydrogen (secondary N) is 1. The van der Waals surface area contributed by atoms with E-state index in [0.717, 1.165) is 4.90 Å². The summed E-state index contributed by atoms with van der Waals surface area (Å²) in [7, 11) is -3.19. The van der Waals surface area contributed by atoms with Gasteiger partial charge >= 0.3 is 12.0 Å². The van der Waals surface area contributed by atoms with Crippen molar-refractivity contribution < 1.29 is 27.9 Å². The summed E-state index contributed by atoms with van der Waals surface area (Å²) in [5.41, 5.74) is 0. The van der Waals surface area contributed by atoms with Gasteiger partial charge in [0.15, 0.2) is 9.84 Å². The topological polar surface area (TPSA) is 113 Å². The fraction of sp³-hybridized carbons (Fsp3) is 0.833. The van der Waals surface area contributed by atoms with Crippen LogP contribution in [0.25, 0.3) is 0 Å². The molecule has 1 rings (SSSR count). The van der Waals surface area contributed by atoms with Gasteiger partial charge in [-0.25, -0.2) is 13.2 Å². The third kappa shape index (κ3) is 5.88. The molecule has 1 heterocycles. The molecule has 1 aliphatic rings. The molecule has 1 fully saturated rings. The first-order valence-electron chi connectivity index (χ1n) is 6.82. The predicted molar refractivity (Wildman–Crippen MR) is 75.9 cm³/mol. The average Bonchev–Trinajstić information content (AvgIpc) is 2.73. The minimum absolute atomic E-state index is 0.0183. The first-order chi connectivity index (χ1) is 9.75. The molecule has 0 bridgehead atoms. The molecule has 0 saturated carbocycles. The molecule has 0 aliphatic carbocycles. The highest BCUT2D eigenvalue weighted by molar-refractivity contribution is 7.91. The van der Waals surface area contributed by atoms with E-state index in [4.69, 9.17) is 9.84 Å². The zero-order valence-electron chi connectivity index (χ0n) is 12.2. The summed E-state index contributed by atoms with van der Waals surface area (Å²) in [5, 5.41) is 11.5. The molecule has 0 radical (unpaired) electrons. The van der Waals surface area contributed by atoms with Gasteiger partial charge < -0.3 is 20.1 Å². The smallest absolute Gasteiger partial charge is 0.323 e. The predicted octanol–water partition coefficient (Wildman–Crippen LogP) is -0.305. The molecule has 2 N–H and O–H groups in total. The second-order valence-electron chi connectivity index (χ2n) is 5.09. The van der Waals surface area contributed by atoms with Gasteiger partial charge in [0, 0.05) is 12.6 Å². The Labute approximate surface area is 124 Å². The van der Waals surface area contributed by atoms with Crippen LogP contribution in [-0.2, 0) is 19.4 Å². The van der Waals surface area contributed by atoms with E-state index in [-0.39, 0.29) is 24.0 Å². The summed E-state index contributed by atoms with van der Waals surface area (Å²) in [5.74, 6) is -1.38. The Kier molecular flexibility index (Phi) is 6.41. The Morgan fingerprint density at radius 3 is 2.62 bits per heavy atom. The lowest BCUT2D eigenvalue weighted by Crippen LogP contribution is -2.51. The van der Waals surface area contributed by atoms with Crippen LogP contribution in [-0.4, -0.2) is 73.8 Å². The van der Waals surface area contributed by atoms with Crippen molar-refractivity contribution in [2.45, 2.75) is 32.4 Å². The Hall–Kier alpha value is -1.35. The number of urea groups is 1. The van der Waals surface area contributed by atoms with Gasteiger partial charge in [0.05, 0.1) is 24.2 Å². The van der Waals surface area contributed by atoms with Gasteiger partial charge in [-0.1, -0.05) is 0 Å². The van der Waals surface area contributed by atoms with Gasteiger partial charge in [0.1, 0.15) is 6.54 Å². The Morgan fingerprint density at radius 2 is 2.14 bits per heavy atom. The molecular formula is C12H22N2O6S. The Morgan fingerprint density at radius 1 is 1.48 bits per heavy atom. The van der Waals surface area contributed by atoms with E-state index in [1.165, 1.54) is 0 Å². The lowest BCUT2D eigenvalue weighted by molar-refractivity contribution is -0.138.